The minimum atomic E-state index is 0.881. The Bertz CT molecular complexity index is 318. The molecule has 90 valence electrons. The number of hydrogen-bond donors (Lipinski definition) is 2. The lowest BCUT2D eigenvalue weighted by Gasteiger charge is -2.07. The molecule has 0 radical (unpaired) electrons. The van der Waals surface area contributed by atoms with Crippen LogP contribution in [0.15, 0.2) is 22.7 Å². The van der Waals surface area contributed by atoms with Crippen LogP contribution >= 0.6 is 15.9 Å². The molecule has 0 aliphatic heterocycles. The van der Waals surface area contributed by atoms with Crippen LogP contribution in [0.1, 0.15) is 5.56 Å². The number of ether oxygens (including phenoxy) is 1. The Labute approximate surface area is 106 Å². The van der Waals surface area contributed by atoms with E-state index in [0.717, 1.165) is 36.3 Å². The van der Waals surface area contributed by atoms with Crippen LogP contribution in [0.3, 0.4) is 0 Å². The van der Waals surface area contributed by atoms with Gasteiger partial charge in [-0.15, -0.1) is 0 Å². The van der Waals surface area contributed by atoms with E-state index in [2.05, 4.69) is 38.7 Å². The standard InChI is InChI=1S/C12H19BrN2O/c1-14-7-8-15-6-5-10-3-4-12(16-2)11(13)9-10/h3-4,9,14-15H,5-8H2,1-2H3. The van der Waals surface area contributed by atoms with E-state index < -0.39 is 0 Å². The summed E-state index contributed by atoms with van der Waals surface area (Å²) >= 11 is 3.49. The Morgan fingerprint density at radius 1 is 1.25 bits per heavy atom. The zero-order valence-corrected chi connectivity index (χ0v) is 11.4. The Kier molecular flexibility index (Phi) is 6.45. The van der Waals surface area contributed by atoms with Crippen LogP contribution in [0.5, 0.6) is 5.75 Å². The topological polar surface area (TPSA) is 33.3 Å². The van der Waals surface area contributed by atoms with Crippen molar-refractivity contribution in [3.8, 4) is 5.75 Å². The second kappa shape index (κ2) is 7.65. The van der Waals surface area contributed by atoms with Crippen LogP contribution in [-0.4, -0.2) is 33.8 Å². The van der Waals surface area contributed by atoms with E-state index >= 15 is 0 Å². The number of rotatable bonds is 7. The van der Waals surface area contributed by atoms with Gasteiger partial charge in [-0.3, -0.25) is 0 Å². The fourth-order valence-corrected chi connectivity index (χ4v) is 2.02. The monoisotopic (exact) mass is 286 g/mol. The predicted octanol–water partition coefficient (Wildman–Crippen LogP) is 1.81. The molecule has 0 saturated heterocycles. The van der Waals surface area contributed by atoms with Gasteiger partial charge in [-0.05, 0) is 53.6 Å². The largest absolute Gasteiger partial charge is 0.496 e. The molecule has 1 rings (SSSR count). The number of nitrogens with one attached hydrogen (secondary N) is 2. The number of benzene rings is 1. The molecule has 16 heavy (non-hydrogen) atoms. The number of halogens is 1. The Balaban J connectivity index is 2.34. The van der Waals surface area contributed by atoms with Crippen molar-refractivity contribution in [2.24, 2.45) is 0 Å². The first-order chi connectivity index (χ1) is 7.77. The number of methoxy groups -OCH3 is 1. The molecule has 0 heterocycles. The Morgan fingerprint density at radius 3 is 2.69 bits per heavy atom. The maximum Gasteiger partial charge on any atom is 0.133 e. The van der Waals surface area contributed by atoms with Crippen molar-refractivity contribution < 1.29 is 4.74 Å². The van der Waals surface area contributed by atoms with Gasteiger partial charge < -0.3 is 15.4 Å². The van der Waals surface area contributed by atoms with E-state index in [1.165, 1.54) is 5.56 Å². The molecule has 1 aromatic carbocycles. The first-order valence-electron chi connectivity index (χ1n) is 5.45. The SMILES string of the molecule is CNCCNCCc1ccc(OC)c(Br)c1. The molecule has 0 aliphatic carbocycles. The summed E-state index contributed by atoms with van der Waals surface area (Å²) < 4.78 is 6.20. The molecule has 0 unspecified atom stereocenters. The van der Waals surface area contributed by atoms with Crippen molar-refractivity contribution in [1.82, 2.24) is 10.6 Å². The number of hydrogen-bond acceptors (Lipinski definition) is 3. The first-order valence-corrected chi connectivity index (χ1v) is 6.25. The zero-order chi connectivity index (χ0) is 11.8. The minimum absolute atomic E-state index is 0.881. The van der Waals surface area contributed by atoms with Crippen molar-refractivity contribution >= 4 is 15.9 Å². The third-order valence-corrected chi connectivity index (χ3v) is 2.98. The van der Waals surface area contributed by atoms with Crippen molar-refractivity contribution in [2.75, 3.05) is 33.8 Å². The Hall–Kier alpha value is -0.580. The number of likely N-dealkylation sites (N-methyl/N-ethyl adjacent to an activating group) is 1. The van der Waals surface area contributed by atoms with E-state index in [1.807, 2.05) is 13.1 Å². The lowest BCUT2D eigenvalue weighted by molar-refractivity contribution is 0.412. The van der Waals surface area contributed by atoms with Crippen LogP contribution in [0.4, 0.5) is 0 Å². The molecule has 0 aromatic heterocycles. The molecule has 0 saturated carbocycles. The van der Waals surface area contributed by atoms with Gasteiger partial charge in [-0.25, -0.2) is 0 Å². The summed E-state index contributed by atoms with van der Waals surface area (Å²) in [4.78, 5) is 0. The highest BCUT2D eigenvalue weighted by Gasteiger charge is 2.00. The molecule has 0 amide bonds. The highest BCUT2D eigenvalue weighted by atomic mass is 79.9. The predicted molar refractivity (Wildman–Crippen MR) is 71.2 cm³/mol. The highest BCUT2D eigenvalue weighted by Crippen LogP contribution is 2.25. The summed E-state index contributed by atoms with van der Waals surface area (Å²) in [7, 11) is 3.64. The summed E-state index contributed by atoms with van der Waals surface area (Å²) in [6, 6.07) is 6.20. The van der Waals surface area contributed by atoms with E-state index in [0.29, 0.717) is 0 Å². The average Bonchev–Trinajstić information content (AvgIpc) is 2.29. The molecule has 2 N–H and O–H groups in total. The van der Waals surface area contributed by atoms with Gasteiger partial charge in [-0.2, -0.15) is 0 Å². The van der Waals surface area contributed by atoms with E-state index in [1.54, 1.807) is 7.11 Å². The fraction of sp³-hybridized carbons (Fsp3) is 0.500. The Morgan fingerprint density at radius 2 is 2.06 bits per heavy atom. The minimum Gasteiger partial charge on any atom is -0.496 e. The molecule has 4 heteroatoms. The van der Waals surface area contributed by atoms with Gasteiger partial charge in [0.2, 0.25) is 0 Å². The van der Waals surface area contributed by atoms with Gasteiger partial charge in [0, 0.05) is 13.1 Å². The van der Waals surface area contributed by atoms with E-state index in [4.69, 9.17) is 4.74 Å². The summed E-state index contributed by atoms with van der Waals surface area (Å²) in [5.41, 5.74) is 1.31. The van der Waals surface area contributed by atoms with Crippen molar-refractivity contribution in [3.63, 3.8) is 0 Å². The summed E-state index contributed by atoms with van der Waals surface area (Å²) in [6.07, 6.45) is 1.03. The van der Waals surface area contributed by atoms with Crippen LogP contribution in [0.2, 0.25) is 0 Å². The second-order valence-corrected chi connectivity index (χ2v) is 4.43. The maximum atomic E-state index is 5.19. The fourth-order valence-electron chi connectivity index (χ4n) is 1.44. The van der Waals surface area contributed by atoms with Crippen LogP contribution in [-0.2, 0) is 6.42 Å². The molecular weight excluding hydrogens is 268 g/mol. The molecule has 3 nitrogen and oxygen atoms in total. The molecule has 0 bridgehead atoms. The van der Waals surface area contributed by atoms with Gasteiger partial charge in [-0.1, -0.05) is 6.07 Å². The maximum absolute atomic E-state index is 5.19. The van der Waals surface area contributed by atoms with Gasteiger partial charge in [0.1, 0.15) is 5.75 Å². The molecular formula is C12H19BrN2O. The van der Waals surface area contributed by atoms with Crippen molar-refractivity contribution in [3.05, 3.63) is 28.2 Å². The molecule has 0 fully saturated rings. The second-order valence-electron chi connectivity index (χ2n) is 3.57. The van der Waals surface area contributed by atoms with Gasteiger partial charge in [0.25, 0.3) is 0 Å². The average molecular weight is 287 g/mol. The van der Waals surface area contributed by atoms with Crippen LogP contribution in [0.25, 0.3) is 0 Å². The first kappa shape index (κ1) is 13.5. The summed E-state index contributed by atoms with van der Waals surface area (Å²) in [5, 5.41) is 6.48. The van der Waals surface area contributed by atoms with E-state index in [9.17, 15) is 0 Å². The normalized spacial score (nSPS) is 10.4. The lowest BCUT2D eigenvalue weighted by Crippen LogP contribution is -2.26. The molecule has 0 atom stereocenters. The molecule has 0 spiro atoms. The van der Waals surface area contributed by atoms with Gasteiger partial charge in [0.05, 0.1) is 11.6 Å². The van der Waals surface area contributed by atoms with E-state index in [-0.39, 0.29) is 0 Å². The third kappa shape index (κ3) is 4.51. The third-order valence-electron chi connectivity index (χ3n) is 2.36. The van der Waals surface area contributed by atoms with Crippen LogP contribution in [0, 0.1) is 0 Å². The quantitative estimate of drug-likeness (QED) is 0.750. The van der Waals surface area contributed by atoms with Crippen molar-refractivity contribution in [2.45, 2.75) is 6.42 Å². The smallest absolute Gasteiger partial charge is 0.133 e. The molecule has 1 aromatic rings. The zero-order valence-electron chi connectivity index (χ0n) is 9.85. The lowest BCUT2D eigenvalue weighted by atomic mass is 10.1. The summed E-state index contributed by atoms with van der Waals surface area (Å²) in [6.45, 7) is 3.01. The van der Waals surface area contributed by atoms with Crippen LogP contribution < -0.4 is 15.4 Å². The molecule has 0 aliphatic rings. The van der Waals surface area contributed by atoms with Gasteiger partial charge >= 0.3 is 0 Å². The van der Waals surface area contributed by atoms with Crippen molar-refractivity contribution in [1.29, 1.82) is 0 Å². The summed E-state index contributed by atoms with van der Waals surface area (Å²) in [5.74, 6) is 0.881. The van der Waals surface area contributed by atoms with Gasteiger partial charge in [0.15, 0.2) is 0 Å². The highest BCUT2D eigenvalue weighted by molar-refractivity contribution is 9.10.